The maximum atomic E-state index is 13.0. The Morgan fingerprint density at radius 2 is 1.70 bits per heavy atom. The molecule has 8 nitrogen and oxygen atoms in total. The van der Waals surface area contributed by atoms with E-state index >= 15 is 0 Å². The maximum absolute atomic E-state index is 13.0. The first-order valence-electron chi connectivity index (χ1n) is 8.31. The number of hydrogen-bond donors (Lipinski definition) is 1. The van der Waals surface area contributed by atoms with Crippen LogP contribution in [0.4, 0.5) is 5.82 Å². The molecule has 1 aliphatic heterocycles. The average Bonchev–Trinajstić information content (AvgIpc) is 2.69. The molecule has 1 N–H and O–H groups in total. The Kier molecular flexibility index (Phi) is 4.65. The average molecular weight is 371 g/mol. The van der Waals surface area contributed by atoms with E-state index in [0.717, 1.165) is 4.57 Å². The summed E-state index contributed by atoms with van der Waals surface area (Å²) in [5.74, 6) is -0.192. The smallest absolute Gasteiger partial charge is 0.336 e. The molecule has 0 spiro atoms. The van der Waals surface area contributed by atoms with Crippen LogP contribution in [0.25, 0.3) is 0 Å². The highest BCUT2D eigenvalue weighted by Gasteiger charge is 2.37. The van der Waals surface area contributed by atoms with Gasteiger partial charge in [0.1, 0.15) is 11.6 Å². The minimum atomic E-state index is -0.676. The van der Waals surface area contributed by atoms with Gasteiger partial charge in [-0.1, -0.05) is 12.1 Å². The monoisotopic (exact) mass is 371 g/mol. The van der Waals surface area contributed by atoms with Crippen molar-refractivity contribution in [3.63, 3.8) is 0 Å². The molecule has 0 saturated carbocycles. The van der Waals surface area contributed by atoms with E-state index in [2.05, 4.69) is 5.32 Å². The van der Waals surface area contributed by atoms with Gasteiger partial charge in [-0.25, -0.2) is 9.59 Å². The second-order valence-corrected chi connectivity index (χ2v) is 6.33. The summed E-state index contributed by atoms with van der Waals surface area (Å²) in [6.07, 6.45) is 0. The Morgan fingerprint density at radius 3 is 2.26 bits per heavy atom. The number of ether oxygens (including phenoxy) is 2. The molecule has 0 unspecified atom stereocenters. The fraction of sp³-hybridized carbons (Fsp3) is 0.316. The molecule has 2 aromatic rings. The normalized spacial score (nSPS) is 15.8. The predicted octanol–water partition coefficient (Wildman–Crippen LogP) is 1.10. The Morgan fingerprint density at radius 1 is 1.07 bits per heavy atom. The molecule has 1 atom stereocenters. The number of carbonyl (C=O) groups excluding carboxylic acids is 1. The molecule has 0 amide bonds. The number of fused-ring (bicyclic) bond motifs is 1. The number of carbonyl (C=O) groups is 1. The van der Waals surface area contributed by atoms with Gasteiger partial charge in [0.25, 0.3) is 5.56 Å². The van der Waals surface area contributed by atoms with Crippen LogP contribution < -0.4 is 21.3 Å². The van der Waals surface area contributed by atoms with Crippen LogP contribution in [0.2, 0.25) is 0 Å². The van der Waals surface area contributed by atoms with E-state index in [1.807, 2.05) is 0 Å². The van der Waals surface area contributed by atoms with Gasteiger partial charge >= 0.3 is 11.7 Å². The highest BCUT2D eigenvalue weighted by molar-refractivity contribution is 5.94. The van der Waals surface area contributed by atoms with Crippen molar-refractivity contribution in [2.45, 2.75) is 12.8 Å². The van der Waals surface area contributed by atoms with E-state index in [0.29, 0.717) is 34.0 Å². The van der Waals surface area contributed by atoms with Gasteiger partial charge in [-0.3, -0.25) is 13.9 Å². The standard InChI is InChI=1S/C19H21N3O5/c1-10-13(18(24)27-5)14(11-6-8-12(26-4)9-7-11)15-16(20-10)21(2)19(25)22(3)17(15)23/h6-9,14,20H,1-5H3/t14-/m1/s1. The van der Waals surface area contributed by atoms with Crippen molar-refractivity contribution in [3.05, 3.63) is 67.5 Å². The molecule has 2 heterocycles. The number of aromatic nitrogens is 2. The summed E-state index contributed by atoms with van der Waals surface area (Å²) in [5.41, 5.74) is 0.971. The summed E-state index contributed by atoms with van der Waals surface area (Å²) in [7, 11) is 5.85. The van der Waals surface area contributed by atoms with Gasteiger partial charge in [0.05, 0.1) is 31.3 Å². The quantitative estimate of drug-likeness (QED) is 0.813. The van der Waals surface area contributed by atoms with Gasteiger partial charge in [-0.05, 0) is 24.6 Å². The lowest BCUT2D eigenvalue weighted by atomic mass is 9.82. The molecule has 142 valence electrons. The molecule has 0 radical (unpaired) electrons. The molecule has 0 bridgehead atoms. The molecule has 27 heavy (non-hydrogen) atoms. The molecule has 3 rings (SSSR count). The molecule has 0 aliphatic carbocycles. The van der Waals surface area contributed by atoms with Gasteiger partial charge in [0.2, 0.25) is 0 Å². The molecular formula is C19H21N3O5. The number of nitrogens with zero attached hydrogens (tertiary/aromatic N) is 2. The molecule has 1 aliphatic rings. The van der Waals surface area contributed by atoms with Crippen LogP contribution in [-0.2, 0) is 23.6 Å². The summed E-state index contributed by atoms with van der Waals surface area (Å²) < 4.78 is 12.6. The van der Waals surface area contributed by atoms with E-state index in [1.165, 1.54) is 18.7 Å². The third-order valence-electron chi connectivity index (χ3n) is 4.84. The third kappa shape index (κ3) is 2.83. The molecule has 8 heteroatoms. The van der Waals surface area contributed by atoms with Crippen LogP contribution >= 0.6 is 0 Å². The Bertz CT molecular complexity index is 1060. The van der Waals surface area contributed by atoms with Crippen LogP contribution in [-0.4, -0.2) is 29.3 Å². The van der Waals surface area contributed by atoms with Crippen molar-refractivity contribution >= 4 is 11.8 Å². The number of rotatable bonds is 3. The van der Waals surface area contributed by atoms with Crippen molar-refractivity contribution < 1.29 is 14.3 Å². The first kappa shape index (κ1) is 18.5. The Labute approximate surface area is 155 Å². The largest absolute Gasteiger partial charge is 0.497 e. The van der Waals surface area contributed by atoms with E-state index in [-0.39, 0.29) is 0 Å². The second-order valence-electron chi connectivity index (χ2n) is 6.33. The van der Waals surface area contributed by atoms with E-state index < -0.39 is 23.1 Å². The molecule has 1 aromatic carbocycles. The Hall–Kier alpha value is -3.29. The zero-order valence-electron chi connectivity index (χ0n) is 15.8. The number of benzene rings is 1. The van der Waals surface area contributed by atoms with Crippen LogP contribution in [0.15, 0.2) is 45.1 Å². The lowest BCUT2D eigenvalue weighted by molar-refractivity contribution is -0.136. The van der Waals surface area contributed by atoms with Crippen molar-refractivity contribution in [1.82, 2.24) is 9.13 Å². The number of nitrogens with one attached hydrogen (secondary N) is 1. The fourth-order valence-electron chi connectivity index (χ4n) is 3.40. The predicted molar refractivity (Wildman–Crippen MR) is 100 cm³/mol. The van der Waals surface area contributed by atoms with E-state index in [4.69, 9.17) is 9.47 Å². The molecule has 0 fully saturated rings. The van der Waals surface area contributed by atoms with Crippen LogP contribution in [0.5, 0.6) is 5.75 Å². The highest BCUT2D eigenvalue weighted by Crippen LogP contribution is 2.40. The lowest BCUT2D eigenvalue weighted by Crippen LogP contribution is -2.43. The van der Waals surface area contributed by atoms with Gasteiger partial charge in [0, 0.05) is 19.8 Å². The number of anilines is 1. The van der Waals surface area contributed by atoms with Gasteiger partial charge in [0.15, 0.2) is 0 Å². The zero-order chi connectivity index (χ0) is 19.9. The van der Waals surface area contributed by atoms with Crippen molar-refractivity contribution in [2.75, 3.05) is 19.5 Å². The van der Waals surface area contributed by atoms with Crippen molar-refractivity contribution in [3.8, 4) is 5.75 Å². The maximum Gasteiger partial charge on any atom is 0.336 e. The van der Waals surface area contributed by atoms with Crippen LogP contribution in [0.1, 0.15) is 24.0 Å². The van der Waals surface area contributed by atoms with Crippen molar-refractivity contribution in [2.24, 2.45) is 14.1 Å². The van der Waals surface area contributed by atoms with Crippen LogP contribution in [0.3, 0.4) is 0 Å². The number of allylic oxidation sites excluding steroid dienone is 1. The number of methoxy groups -OCH3 is 2. The zero-order valence-corrected chi connectivity index (χ0v) is 15.8. The van der Waals surface area contributed by atoms with Gasteiger partial charge in [-0.2, -0.15) is 0 Å². The SMILES string of the molecule is COC(=O)C1=C(C)Nc2c(c(=O)n(C)c(=O)n2C)[C@@H]1c1ccc(OC)cc1. The summed E-state index contributed by atoms with van der Waals surface area (Å²) in [5, 5.41) is 3.03. The van der Waals surface area contributed by atoms with Gasteiger partial charge in [-0.15, -0.1) is 0 Å². The summed E-state index contributed by atoms with van der Waals surface area (Å²) >= 11 is 0. The minimum absolute atomic E-state index is 0.316. The van der Waals surface area contributed by atoms with E-state index in [1.54, 1.807) is 45.3 Å². The highest BCUT2D eigenvalue weighted by atomic mass is 16.5. The fourth-order valence-corrected chi connectivity index (χ4v) is 3.40. The first-order valence-corrected chi connectivity index (χ1v) is 8.31. The van der Waals surface area contributed by atoms with Crippen LogP contribution in [0, 0.1) is 0 Å². The number of esters is 1. The third-order valence-corrected chi connectivity index (χ3v) is 4.84. The Balaban J connectivity index is 2.37. The summed E-state index contributed by atoms with van der Waals surface area (Å²) in [4.78, 5) is 37.8. The number of hydrogen-bond acceptors (Lipinski definition) is 6. The second kappa shape index (κ2) is 6.79. The van der Waals surface area contributed by atoms with Gasteiger partial charge < -0.3 is 14.8 Å². The summed E-state index contributed by atoms with van der Waals surface area (Å²) in [6, 6.07) is 7.10. The molecule has 1 aromatic heterocycles. The van der Waals surface area contributed by atoms with E-state index in [9.17, 15) is 14.4 Å². The minimum Gasteiger partial charge on any atom is -0.497 e. The first-order chi connectivity index (χ1) is 12.8. The topological polar surface area (TPSA) is 91.6 Å². The van der Waals surface area contributed by atoms with Crippen molar-refractivity contribution in [1.29, 1.82) is 0 Å². The lowest BCUT2D eigenvalue weighted by Gasteiger charge is -2.30. The summed E-state index contributed by atoms with van der Waals surface area (Å²) in [6.45, 7) is 1.72. The molecular weight excluding hydrogens is 350 g/mol. The molecule has 0 saturated heterocycles.